The smallest absolute Gasteiger partial charge is 0.347 e. The van der Waals surface area contributed by atoms with E-state index in [1.165, 1.54) is 70.1 Å². The van der Waals surface area contributed by atoms with Gasteiger partial charge in [0.1, 0.15) is 5.69 Å². The van der Waals surface area contributed by atoms with Gasteiger partial charge in [-0.2, -0.15) is 0 Å². The van der Waals surface area contributed by atoms with E-state index < -0.39 is 18.0 Å². The molecule has 0 bridgehead atoms. The number of hydrogen-bond donors (Lipinski definition) is 0. The van der Waals surface area contributed by atoms with Crippen molar-refractivity contribution in [3.8, 4) is 0 Å². The first kappa shape index (κ1) is 25.1. The van der Waals surface area contributed by atoms with Crippen LogP contribution >= 0.6 is 11.6 Å². The molecule has 6 nitrogen and oxygen atoms in total. The zero-order valence-electron chi connectivity index (χ0n) is 17.5. The van der Waals surface area contributed by atoms with Crippen molar-refractivity contribution in [3.05, 3.63) is 28.8 Å². The molecule has 0 spiro atoms. The largest absolute Gasteiger partial charge is 0.463 e. The number of ether oxygens (including phenoxy) is 2. The van der Waals surface area contributed by atoms with Gasteiger partial charge >= 0.3 is 11.9 Å². The van der Waals surface area contributed by atoms with Gasteiger partial charge in [-0.25, -0.2) is 9.59 Å². The number of benzene rings is 1. The molecule has 0 aliphatic heterocycles. The lowest BCUT2D eigenvalue weighted by molar-refractivity contribution is -0.153. The van der Waals surface area contributed by atoms with Crippen molar-refractivity contribution in [2.45, 2.75) is 84.2 Å². The van der Waals surface area contributed by atoms with Gasteiger partial charge in [0, 0.05) is 0 Å². The molecule has 0 heterocycles. The van der Waals surface area contributed by atoms with Crippen LogP contribution in [-0.4, -0.2) is 24.6 Å². The Morgan fingerprint density at radius 3 is 2.21 bits per heavy atom. The van der Waals surface area contributed by atoms with Crippen LogP contribution in [0.25, 0.3) is 0 Å². The average Bonchev–Trinajstić information content (AvgIpc) is 2.72. The molecule has 0 aliphatic carbocycles. The maximum Gasteiger partial charge on any atom is 0.347 e. The minimum absolute atomic E-state index is 0.0531. The van der Waals surface area contributed by atoms with Gasteiger partial charge in [0.05, 0.1) is 17.2 Å². The minimum atomic E-state index is -1.02. The summed E-state index contributed by atoms with van der Waals surface area (Å²) in [6.45, 7) is 4.01. The maximum absolute atomic E-state index is 12.1. The highest BCUT2D eigenvalue weighted by Gasteiger charge is 2.20. The molecule has 1 radical (unpaired) electrons. The fourth-order valence-electron chi connectivity index (χ4n) is 2.87. The predicted octanol–water partition coefficient (Wildman–Crippen LogP) is 6.23. The van der Waals surface area contributed by atoms with Gasteiger partial charge in [-0.3, -0.25) is 0 Å². The summed E-state index contributed by atoms with van der Waals surface area (Å²) in [6.07, 6.45) is 11.0. The van der Waals surface area contributed by atoms with E-state index in [1.807, 2.05) is 0 Å². The topological polar surface area (TPSA) is 87.3 Å². The second kappa shape index (κ2) is 15.0. The lowest BCUT2D eigenvalue weighted by atomic mass is 10.1. The third-order valence-electron chi connectivity index (χ3n) is 4.65. The number of unbranched alkanes of at least 4 members (excludes halogenated alkanes) is 9. The molecule has 0 fully saturated rings. The molecule has 1 aromatic carbocycles. The Balaban J connectivity index is 2.17. The fraction of sp³-hybridized carbons (Fsp3) is 0.636. The predicted molar refractivity (Wildman–Crippen MR) is 113 cm³/mol. The third kappa shape index (κ3) is 10.4. The summed E-state index contributed by atoms with van der Waals surface area (Å²) >= 11 is 5.81. The van der Waals surface area contributed by atoms with Crippen LogP contribution in [0.2, 0.25) is 5.02 Å². The molecule has 0 aromatic heterocycles. The number of rotatable bonds is 15. The van der Waals surface area contributed by atoms with Gasteiger partial charge in [-0.05, 0) is 37.1 Å². The van der Waals surface area contributed by atoms with E-state index in [-0.39, 0.29) is 16.3 Å². The van der Waals surface area contributed by atoms with Gasteiger partial charge in [-0.15, -0.1) is 5.11 Å². The summed E-state index contributed by atoms with van der Waals surface area (Å²) in [4.78, 5) is 24.1. The Bertz CT molecular complexity index is 652. The highest BCUT2D eigenvalue weighted by atomic mass is 35.5. The van der Waals surface area contributed by atoms with Crippen molar-refractivity contribution in [1.82, 2.24) is 5.53 Å². The summed E-state index contributed by atoms with van der Waals surface area (Å²) in [7, 11) is 0. The summed E-state index contributed by atoms with van der Waals surface area (Å²) in [5, 5.41) is 3.19. The molecule has 161 valence electrons. The van der Waals surface area contributed by atoms with Crippen molar-refractivity contribution < 1.29 is 19.1 Å². The third-order valence-corrected chi connectivity index (χ3v) is 4.97. The molecule has 0 saturated carbocycles. The Hall–Kier alpha value is -1.95. The highest BCUT2D eigenvalue weighted by Crippen LogP contribution is 2.25. The average molecular weight is 424 g/mol. The second-order valence-electron chi connectivity index (χ2n) is 7.16. The lowest BCUT2D eigenvalue weighted by Gasteiger charge is -2.13. The minimum Gasteiger partial charge on any atom is -0.463 e. The van der Waals surface area contributed by atoms with E-state index in [1.54, 1.807) is 0 Å². The molecule has 0 amide bonds. The van der Waals surface area contributed by atoms with Crippen molar-refractivity contribution in [2.24, 2.45) is 5.11 Å². The number of esters is 2. The number of halogens is 1. The molecule has 0 aliphatic rings. The van der Waals surface area contributed by atoms with Crippen LogP contribution in [0, 0.1) is 0 Å². The van der Waals surface area contributed by atoms with E-state index >= 15 is 0 Å². The molecule has 29 heavy (non-hydrogen) atoms. The number of carbonyl (C=O) groups excluding carboxylic acids is 2. The van der Waals surface area contributed by atoms with Crippen molar-refractivity contribution in [3.63, 3.8) is 0 Å². The zero-order valence-corrected chi connectivity index (χ0v) is 18.2. The second-order valence-corrected chi connectivity index (χ2v) is 7.57. The molecule has 1 atom stereocenters. The first-order valence-electron chi connectivity index (χ1n) is 10.5. The maximum atomic E-state index is 12.1. The number of nitrogens with zero attached hydrogens (tertiary/aromatic N) is 2. The van der Waals surface area contributed by atoms with Crippen LogP contribution in [0.15, 0.2) is 23.3 Å². The molecule has 1 unspecified atom stereocenters. The van der Waals surface area contributed by atoms with E-state index in [0.717, 1.165) is 19.3 Å². The van der Waals surface area contributed by atoms with Crippen LogP contribution < -0.4 is 5.53 Å². The summed E-state index contributed by atoms with van der Waals surface area (Å²) in [5.41, 5.74) is 9.03. The SMILES string of the molecule is CCCCCCCCCCCCOC(=O)C(C)OC(=O)c1ccc(Cl)c(N=[N])c1. The number of hydrogen-bond acceptors (Lipinski definition) is 5. The fourth-order valence-corrected chi connectivity index (χ4v) is 3.03. The first-order chi connectivity index (χ1) is 14.0. The van der Waals surface area contributed by atoms with Crippen LogP contribution in [0.3, 0.4) is 0 Å². The molecule has 0 N–H and O–H groups in total. The van der Waals surface area contributed by atoms with Gasteiger partial charge in [-0.1, -0.05) is 76.3 Å². The summed E-state index contributed by atoms with van der Waals surface area (Å²) < 4.78 is 10.3. The van der Waals surface area contributed by atoms with Gasteiger partial charge in [0.25, 0.3) is 0 Å². The van der Waals surface area contributed by atoms with Gasteiger partial charge in [0.2, 0.25) is 0 Å². The Kier molecular flexibility index (Phi) is 12.9. The summed E-state index contributed by atoms with van der Waals surface area (Å²) in [6, 6.07) is 4.13. The highest BCUT2D eigenvalue weighted by molar-refractivity contribution is 6.33. The normalized spacial score (nSPS) is 11.7. The molecule has 1 rings (SSSR count). The van der Waals surface area contributed by atoms with Crippen molar-refractivity contribution >= 4 is 29.2 Å². The molecule has 7 heteroatoms. The van der Waals surface area contributed by atoms with Crippen LogP contribution in [0.4, 0.5) is 5.69 Å². The zero-order chi connectivity index (χ0) is 21.5. The quantitative estimate of drug-likeness (QED) is 0.190. The van der Waals surface area contributed by atoms with Gasteiger partial charge in [0.15, 0.2) is 6.10 Å². The molecule has 0 saturated heterocycles. The van der Waals surface area contributed by atoms with Crippen LogP contribution in [0.5, 0.6) is 0 Å². The van der Waals surface area contributed by atoms with Crippen molar-refractivity contribution in [1.29, 1.82) is 0 Å². The van der Waals surface area contributed by atoms with Crippen LogP contribution in [0.1, 0.15) is 88.4 Å². The molecule has 1 aromatic rings. The standard InChI is InChI=1S/C22H32ClN2O4/c1-3-4-5-6-7-8-9-10-11-12-15-28-21(26)17(2)29-22(27)18-13-14-19(23)20(16-18)25-24/h13-14,16-17H,3-12,15H2,1-2H3. The van der Waals surface area contributed by atoms with E-state index in [0.29, 0.717) is 6.61 Å². The Labute approximate surface area is 178 Å². The van der Waals surface area contributed by atoms with E-state index in [2.05, 4.69) is 12.0 Å². The lowest BCUT2D eigenvalue weighted by Crippen LogP contribution is -2.26. The molecular formula is C22H32ClN2O4. The van der Waals surface area contributed by atoms with Gasteiger partial charge < -0.3 is 9.47 Å². The Morgan fingerprint density at radius 2 is 1.62 bits per heavy atom. The van der Waals surface area contributed by atoms with E-state index in [9.17, 15) is 9.59 Å². The van der Waals surface area contributed by atoms with Crippen LogP contribution in [-0.2, 0) is 14.3 Å². The number of carbonyl (C=O) groups is 2. The first-order valence-corrected chi connectivity index (χ1v) is 10.9. The molecular weight excluding hydrogens is 392 g/mol. The van der Waals surface area contributed by atoms with E-state index in [4.69, 9.17) is 26.6 Å². The monoisotopic (exact) mass is 423 g/mol. The van der Waals surface area contributed by atoms with Crippen molar-refractivity contribution in [2.75, 3.05) is 6.61 Å². The summed E-state index contributed by atoms with van der Waals surface area (Å²) in [5.74, 6) is -1.29. The Morgan fingerprint density at radius 1 is 1.03 bits per heavy atom.